The largest absolute Gasteiger partial charge is 0.392 e. The molecule has 3 rings (SSSR count). The van der Waals surface area contributed by atoms with Crippen LogP contribution in [0, 0.1) is 6.92 Å². The highest BCUT2D eigenvalue weighted by molar-refractivity contribution is 6.04. The van der Waals surface area contributed by atoms with Gasteiger partial charge in [0.25, 0.3) is 0 Å². The minimum atomic E-state index is 0.0199. The molecule has 144 valence electrons. The van der Waals surface area contributed by atoms with Gasteiger partial charge in [-0.1, -0.05) is 35.9 Å². The van der Waals surface area contributed by atoms with Gasteiger partial charge >= 0.3 is 0 Å². The summed E-state index contributed by atoms with van der Waals surface area (Å²) in [6.07, 6.45) is 8.59. The van der Waals surface area contributed by atoms with E-state index in [-0.39, 0.29) is 6.61 Å². The maximum Gasteiger partial charge on any atom is 0.199 e. The third-order valence-electron chi connectivity index (χ3n) is 5.05. The maximum atomic E-state index is 9.99. The Morgan fingerprint density at radius 2 is 1.57 bits per heavy atom. The van der Waals surface area contributed by atoms with Crippen molar-refractivity contribution in [3.05, 3.63) is 94.6 Å². The second-order valence-corrected chi connectivity index (χ2v) is 7.58. The molecule has 2 aromatic carbocycles. The van der Waals surface area contributed by atoms with Crippen molar-refractivity contribution in [2.24, 2.45) is 0 Å². The predicted octanol–water partition coefficient (Wildman–Crippen LogP) is 4.19. The Bertz CT molecular complexity index is 968. The van der Waals surface area contributed by atoms with Gasteiger partial charge < -0.3 is 10.0 Å². The van der Waals surface area contributed by atoms with Gasteiger partial charge in [0.1, 0.15) is 14.1 Å². The van der Waals surface area contributed by atoms with Gasteiger partial charge in [0, 0.05) is 31.9 Å². The van der Waals surface area contributed by atoms with Crippen LogP contribution in [0.25, 0.3) is 5.57 Å². The number of anilines is 1. The van der Waals surface area contributed by atoms with Crippen LogP contribution in [0.2, 0.25) is 0 Å². The van der Waals surface area contributed by atoms with Gasteiger partial charge in [-0.2, -0.15) is 0 Å². The lowest BCUT2D eigenvalue weighted by Crippen LogP contribution is -2.10. The van der Waals surface area contributed by atoms with E-state index in [9.17, 15) is 5.11 Å². The molecule has 0 saturated heterocycles. The molecule has 0 amide bonds. The number of benzene rings is 2. The van der Waals surface area contributed by atoms with Crippen molar-refractivity contribution in [2.75, 3.05) is 33.1 Å². The summed E-state index contributed by atoms with van der Waals surface area (Å²) in [5, 5.41) is 9.99. The Morgan fingerprint density at radius 1 is 0.929 bits per heavy atom. The first-order valence-electron chi connectivity index (χ1n) is 9.54. The van der Waals surface area contributed by atoms with E-state index in [1.54, 1.807) is 0 Å². The van der Waals surface area contributed by atoms with Crippen LogP contribution < -0.4 is 4.90 Å². The molecule has 0 saturated carbocycles. The van der Waals surface area contributed by atoms with Gasteiger partial charge in [-0.05, 0) is 59.0 Å². The number of rotatable bonds is 4. The maximum absolute atomic E-state index is 9.99. The molecule has 0 bridgehead atoms. The second kappa shape index (κ2) is 8.41. The summed E-state index contributed by atoms with van der Waals surface area (Å²) in [4.78, 5) is 2.10. The molecule has 0 fully saturated rings. The summed E-state index contributed by atoms with van der Waals surface area (Å²) in [6.45, 7) is 2.08. The summed E-state index contributed by atoms with van der Waals surface area (Å²) < 4.78 is 2.10. The molecule has 0 heterocycles. The lowest BCUT2D eigenvalue weighted by Gasteiger charge is -2.18. The lowest BCUT2D eigenvalue weighted by molar-refractivity contribution is -0.462. The zero-order valence-electron chi connectivity index (χ0n) is 17.4. The standard InChI is InChI=1S/C25H29N2O/c1-18-6-15-24(21(16-18)17-28)25(19-7-11-22(12-8-19)26(2)3)20-9-13-23(14-10-20)27(4)5/h6-16,28H,17H2,1-5H3/q+1. The smallest absolute Gasteiger partial charge is 0.199 e. The molecular formula is C25H29N2O+. The van der Waals surface area contributed by atoms with Crippen molar-refractivity contribution in [3.63, 3.8) is 0 Å². The molecule has 28 heavy (non-hydrogen) atoms. The fourth-order valence-electron chi connectivity index (χ4n) is 3.43. The molecule has 0 radical (unpaired) electrons. The Kier molecular flexibility index (Phi) is 5.96. The Hall–Kier alpha value is -2.91. The Labute approximate surface area is 168 Å². The number of hydrogen-bond acceptors (Lipinski definition) is 2. The molecule has 3 nitrogen and oxygen atoms in total. The van der Waals surface area contributed by atoms with E-state index in [1.165, 1.54) is 0 Å². The van der Waals surface area contributed by atoms with Gasteiger partial charge in [-0.25, -0.2) is 4.58 Å². The van der Waals surface area contributed by atoms with Gasteiger partial charge in [-0.15, -0.1) is 0 Å². The number of hydrogen-bond donors (Lipinski definition) is 1. The van der Waals surface area contributed by atoms with E-state index in [0.717, 1.165) is 44.8 Å². The van der Waals surface area contributed by atoms with Crippen molar-refractivity contribution < 1.29 is 9.68 Å². The molecule has 0 unspecified atom stereocenters. The zero-order chi connectivity index (χ0) is 20.3. The summed E-state index contributed by atoms with van der Waals surface area (Å²) in [7, 11) is 8.18. The van der Waals surface area contributed by atoms with Crippen LogP contribution in [0.1, 0.15) is 22.3 Å². The SMILES string of the molecule is Cc1ccc(C(=C2C=CC(=[N+](C)C)C=C2)c2ccc(N(C)C)cc2)c(CO)c1. The summed E-state index contributed by atoms with van der Waals surface area (Å²) >= 11 is 0. The van der Waals surface area contributed by atoms with E-state index in [4.69, 9.17) is 0 Å². The molecule has 3 heteroatoms. The molecular weight excluding hydrogens is 344 g/mol. The molecule has 0 aliphatic heterocycles. The van der Waals surface area contributed by atoms with E-state index >= 15 is 0 Å². The van der Waals surface area contributed by atoms with E-state index in [1.807, 2.05) is 28.2 Å². The molecule has 1 aliphatic rings. The number of allylic oxidation sites excluding steroid dienone is 5. The summed E-state index contributed by atoms with van der Waals surface area (Å²) in [5.41, 5.74) is 8.92. The summed E-state index contributed by atoms with van der Waals surface area (Å²) in [5.74, 6) is 0. The van der Waals surface area contributed by atoms with Crippen LogP contribution in [0.3, 0.4) is 0 Å². The monoisotopic (exact) mass is 373 g/mol. The average molecular weight is 374 g/mol. The topological polar surface area (TPSA) is 26.5 Å². The molecule has 1 N–H and O–H groups in total. The van der Waals surface area contributed by atoms with Gasteiger partial charge in [0.2, 0.25) is 0 Å². The number of aryl methyl sites for hydroxylation is 1. The van der Waals surface area contributed by atoms with E-state index in [2.05, 4.69) is 83.2 Å². The average Bonchev–Trinajstić information content (AvgIpc) is 2.70. The Morgan fingerprint density at radius 3 is 2.11 bits per heavy atom. The van der Waals surface area contributed by atoms with Crippen LogP contribution in [0.5, 0.6) is 0 Å². The minimum Gasteiger partial charge on any atom is -0.392 e. The predicted molar refractivity (Wildman–Crippen MR) is 119 cm³/mol. The summed E-state index contributed by atoms with van der Waals surface area (Å²) in [6, 6.07) is 14.9. The van der Waals surface area contributed by atoms with Crippen LogP contribution in [0.15, 0.2) is 72.3 Å². The highest BCUT2D eigenvalue weighted by Gasteiger charge is 2.16. The first kappa shape index (κ1) is 19.8. The van der Waals surface area contributed by atoms with Crippen molar-refractivity contribution in [3.8, 4) is 0 Å². The first-order chi connectivity index (χ1) is 13.4. The van der Waals surface area contributed by atoms with E-state index < -0.39 is 0 Å². The van der Waals surface area contributed by atoms with Crippen LogP contribution in [0.4, 0.5) is 5.69 Å². The third-order valence-corrected chi connectivity index (χ3v) is 5.05. The number of nitrogens with zero attached hydrogens (tertiary/aromatic N) is 2. The fraction of sp³-hybridized carbons (Fsp3) is 0.240. The minimum absolute atomic E-state index is 0.0199. The normalized spacial score (nSPS) is 13.1. The molecule has 0 spiro atoms. The van der Waals surface area contributed by atoms with Gasteiger partial charge in [0.05, 0.1) is 6.61 Å². The third kappa shape index (κ3) is 4.15. The lowest BCUT2D eigenvalue weighted by atomic mass is 9.87. The quantitative estimate of drug-likeness (QED) is 0.813. The van der Waals surface area contributed by atoms with Crippen molar-refractivity contribution in [1.82, 2.24) is 0 Å². The van der Waals surface area contributed by atoms with E-state index in [0.29, 0.717) is 0 Å². The van der Waals surface area contributed by atoms with Crippen molar-refractivity contribution in [1.29, 1.82) is 0 Å². The highest BCUT2D eigenvalue weighted by atomic mass is 16.3. The van der Waals surface area contributed by atoms with Crippen molar-refractivity contribution >= 4 is 17.0 Å². The Balaban J connectivity index is 2.21. The van der Waals surface area contributed by atoms with Gasteiger partial charge in [-0.3, -0.25) is 0 Å². The molecule has 1 aliphatic carbocycles. The number of aliphatic hydroxyl groups excluding tert-OH is 1. The fourth-order valence-corrected chi connectivity index (χ4v) is 3.43. The molecule has 0 aromatic heterocycles. The number of aliphatic hydroxyl groups is 1. The van der Waals surface area contributed by atoms with Crippen LogP contribution in [-0.2, 0) is 6.61 Å². The highest BCUT2D eigenvalue weighted by Crippen LogP contribution is 2.33. The molecule has 0 atom stereocenters. The van der Waals surface area contributed by atoms with Crippen molar-refractivity contribution in [2.45, 2.75) is 13.5 Å². The zero-order valence-corrected chi connectivity index (χ0v) is 17.4. The van der Waals surface area contributed by atoms with Crippen LogP contribution in [-0.4, -0.2) is 43.6 Å². The van der Waals surface area contributed by atoms with Gasteiger partial charge in [0.15, 0.2) is 5.71 Å². The molecule has 2 aromatic rings. The first-order valence-corrected chi connectivity index (χ1v) is 9.54. The second-order valence-electron chi connectivity index (χ2n) is 7.58. The van der Waals surface area contributed by atoms with Crippen LogP contribution >= 0.6 is 0 Å².